The molecule has 7 heteroatoms. The molecule has 0 radical (unpaired) electrons. The van der Waals surface area contributed by atoms with Crippen LogP contribution in [0.25, 0.3) is 11.0 Å². The van der Waals surface area contributed by atoms with Gasteiger partial charge < -0.3 is 9.30 Å². The lowest BCUT2D eigenvalue weighted by Crippen LogP contribution is -2.16. The fourth-order valence-corrected chi connectivity index (χ4v) is 2.65. The number of nitriles is 1. The van der Waals surface area contributed by atoms with Gasteiger partial charge in [0.1, 0.15) is 11.6 Å². The third kappa shape index (κ3) is 3.19. The molecule has 0 aliphatic rings. The van der Waals surface area contributed by atoms with Gasteiger partial charge in [0.15, 0.2) is 11.7 Å². The molecule has 0 aliphatic carbocycles. The van der Waals surface area contributed by atoms with Gasteiger partial charge in [-0.25, -0.2) is 4.98 Å². The van der Waals surface area contributed by atoms with Gasteiger partial charge in [-0.05, 0) is 24.3 Å². The van der Waals surface area contributed by atoms with Crippen LogP contribution in [-0.2, 0) is 7.05 Å². The lowest BCUT2D eigenvalue weighted by molar-refractivity contribution is -0.0498. The van der Waals surface area contributed by atoms with Gasteiger partial charge in [0.2, 0.25) is 0 Å². The highest BCUT2D eigenvalue weighted by atomic mass is 19.3. The number of ether oxygens (including phenoxy) is 1. The van der Waals surface area contributed by atoms with Gasteiger partial charge in [0.25, 0.3) is 0 Å². The van der Waals surface area contributed by atoms with Crippen molar-refractivity contribution in [3.63, 3.8) is 0 Å². The summed E-state index contributed by atoms with van der Waals surface area (Å²) in [7, 11) is 1.72. The van der Waals surface area contributed by atoms with Gasteiger partial charge in [0.05, 0.1) is 17.1 Å². The van der Waals surface area contributed by atoms with Crippen LogP contribution in [-0.4, -0.2) is 21.9 Å². The monoisotopic (exact) mass is 341 g/mol. The van der Waals surface area contributed by atoms with Crippen molar-refractivity contribution in [1.82, 2.24) is 9.55 Å². The molecule has 0 saturated heterocycles. The van der Waals surface area contributed by atoms with Crippen molar-refractivity contribution in [3.8, 4) is 11.8 Å². The standard InChI is InChI=1S/C18H13F2N3O2/c1-23-15-8-3-2-7-14(15)22-17(23)13(10-21)16(24)11-5-4-6-12(9-11)25-18(19)20/h2-9,13,18H,1H3. The van der Waals surface area contributed by atoms with Crippen molar-refractivity contribution >= 4 is 16.8 Å². The number of hydrogen-bond donors (Lipinski definition) is 0. The topological polar surface area (TPSA) is 67.9 Å². The highest BCUT2D eigenvalue weighted by Gasteiger charge is 2.27. The van der Waals surface area contributed by atoms with Crippen LogP contribution in [0.1, 0.15) is 22.1 Å². The smallest absolute Gasteiger partial charge is 0.387 e. The number of aryl methyl sites for hydroxylation is 1. The number of carbonyl (C=O) groups excluding carboxylic acids is 1. The summed E-state index contributed by atoms with van der Waals surface area (Å²) in [6.45, 7) is -2.99. The van der Waals surface area contributed by atoms with Gasteiger partial charge in [0, 0.05) is 12.6 Å². The molecule has 1 atom stereocenters. The molecule has 3 rings (SSSR count). The Morgan fingerprint density at radius 3 is 2.68 bits per heavy atom. The number of Topliss-reactive ketones (excluding diaryl/α,β-unsaturated/α-hetero) is 1. The van der Waals surface area contributed by atoms with Crippen LogP contribution in [0.2, 0.25) is 0 Å². The molecule has 0 aliphatic heterocycles. The Labute approximate surface area is 142 Å². The van der Waals surface area contributed by atoms with Crippen molar-refractivity contribution in [1.29, 1.82) is 5.26 Å². The molecule has 0 saturated carbocycles. The zero-order valence-corrected chi connectivity index (χ0v) is 13.2. The second-order valence-corrected chi connectivity index (χ2v) is 5.35. The number of rotatable bonds is 5. The summed E-state index contributed by atoms with van der Waals surface area (Å²) < 4.78 is 30.7. The molecule has 2 aromatic carbocycles. The number of carbonyl (C=O) groups is 1. The van der Waals surface area contributed by atoms with Crippen LogP contribution in [0, 0.1) is 11.3 Å². The Bertz CT molecular complexity index is 976. The van der Waals surface area contributed by atoms with Gasteiger partial charge in [-0.15, -0.1) is 0 Å². The largest absolute Gasteiger partial charge is 0.435 e. The summed E-state index contributed by atoms with van der Waals surface area (Å²) in [5.74, 6) is -1.52. The number of halogens is 2. The molecule has 1 unspecified atom stereocenters. The molecule has 5 nitrogen and oxygen atoms in total. The number of nitrogens with zero attached hydrogens (tertiary/aromatic N) is 3. The van der Waals surface area contributed by atoms with Crippen molar-refractivity contribution in [2.24, 2.45) is 7.05 Å². The van der Waals surface area contributed by atoms with E-state index in [0.717, 1.165) is 5.52 Å². The minimum absolute atomic E-state index is 0.108. The third-order valence-corrected chi connectivity index (χ3v) is 3.81. The Hall–Kier alpha value is -3.27. The predicted molar refractivity (Wildman–Crippen MR) is 86.5 cm³/mol. The number of imidazole rings is 1. The van der Waals surface area contributed by atoms with Crippen LogP contribution in [0.15, 0.2) is 48.5 Å². The van der Waals surface area contributed by atoms with Crippen molar-refractivity contribution in [2.75, 3.05) is 0 Å². The lowest BCUT2D eigenvalue weighted by Gasteiger charge is -2.10. The summed E-state index contributed by atoms with van der Waals surface area (Å²) in [4.78, 5) is 17.1. The second-order valence-electron chi connectivity index (χ2n) is 5.35. The Morgan fingerprint density at radius 2 is 2.00 bits per heavy atom. The van der Waals surface area contributed by atoms with Crippen LogP contribution in [0.3, 0.4) is 0 Å². The number of para-hydroxylation sites is 2. The van der Waals surface area contributed by atoms with E-state index in [1.165, 1.54) is 24.3 Å². The van der Waals surface area contributed by atoms with E-state index < -0.39 is 18.3 Å². The quantitative estimate of drug-likeness (QED) is 0.664. The van der Waals surface area contributed by atoms with Gasteiger partial charge in [-0.3, -0.25) is 4.79 Å². The van der Waals surface area contributed by atoms with E-state index in [2.05, 4.69) is 9.72 Å². The molecule has 0 amide bonds. The SMILES string of the molecule is Cn1c(C(C#N)C(=O)c2cccc(OC(F)F)c2)nc2ccccc21. The maximum Gasteiger partial charge on any atom is 0.387 e. The molecule has 1 heterocycles. The van der Waals surface area contributed by atoms with Crippen LogP contribution < -0.4 is 4.74 Å². The van der Waals surface area contributed by atoms with Gasteiger partial charge >= 0.3 is 6.61 Å². The van der Waals surface area contributed by atoms with E-state index in [1.54, 1.807) is 17.7 Å². The van der Waals surface area contributed by atoms with Gasteiger partial charge in [-0.1, -0.05) is 24.3 Å². The number of benzene rings is 2. The number of fused-ring (bicyclic) bond motifs is 1. The third-order valence-electron chi connectivity index (χ3n) is 3.81. The minimum atomic E-state index is -2.99. The predicted octanol–water partition coefficient (Wildman–Crippen LogP) is 3.66. The fourth-order valence-electron chi connectivity index (χ4n) is 2.65. The first-order valence-corrected chi connectivity index (χ1v) is 7.41. The molecule has 0 fully saturated rings. The summed E-state index contributed by atoms with van der Waals surface area (Å²) in [5.41, 5.74) is 1.57. The highest BCUT2D eigenvalue weighted by molar-refractivity contribution is 6.03. The maximum atomic E-state index is 12.7. The summed E-state index contributed by atoms with van der Waals surface area (Å²) in [5, 5.41) is 9.50. The van der Waals surface area contributed by atoms with Crippen LogP contribution in [0.5, 0.6) is 5.75 Å². The lowest BCUT2D eigenvalue weighted by atomic mass is 9.98. The van der Waals surface area contributed by atoms with E-state index in [1.807, 2.05) is 24.3 Å². The Balaban J connectivity index is 1.99. The summed E-state index contributed by atoms with van der Waals surface area (Å²) in [6.07, 6.45) is 0. The molecule has 0 N–H and O–H groups in total. The average Bonchev–Trinajstić information content (AvgIpc) is 2.92. The molecular formula is C18H13F2N3O2. The van der Waals surface area contributed by atoms with E-state index in [-0.39, 0.29) is 11.3 Å². The number of ketones is 1. The minimum Gasteiger partial charge on any atom is -0.435 e. The molecular weight excluding hydrogens is 328 g/mol. The van der Waals surface area contributed by atoms with Crippen molar-refractivity contribution < 1.29 is 18.3 Å². The maximum absolute atomic E-state index is 12.7. The molecule has 3 aromatic rings. The molecule has 0 bridgehead atoms. The molecule has 25 heavy (non-hydrogen) atoms. The van der Waals surface area contributed by atoms with Crippen molar-refractivity contribution in [2.45, 2.75) is 12.5 Å². The van der Waals surface area contributed by atoms with E-state index >= 15 is 0 Å². The summed E-state index contributed by atoms with van der Waals surface area (Å²) >= 11 is 0. The second kappa shape index (κ2) is 6.69. The number of hydrogen-bond acceptors (Lipinski definition) is 4. The van der Waals surface area contributed by atoms with Crippen LogP contribution in [0.4, 0.5) is 8.78 Å². The zero-order valence-electron chi connectivity index (χ0n) is 13.2. The van der Waals surface area contributed by atoms with Crippen molar-refractivity contribution in [3.05, 3.63) is 59.9 Å². The Morgan fingerprint density at radius 1 is 1.24 bits per heavy atom. The van der Waals surface area contributed by atoms with E-state index in [4.69, 9.17) is 0 Å². The number of alkyl halides is 2. The normalized spacial score (nSPS) is 12.1. The zero-order chi connectivity index (χ0) is 18.0. The first-order chi connectivity index (χ1) is 12.0. The average molecular weight is 341 g/mol. The van der Waals surface area contributed by atoms with E-state index in [9.17, 15) is 18.8 Å². The number of aromatic nitrogens is 2. The summed E-state index contributed by atoms with van der Waals surface area (Å²) in [6, 6.07) is 14.6. The first-order valence-electron chi connectivity index (χ1n) is 7.41. The van der Waals surface area contributed by atoms with Crippen LogP contribution >= 0.6 is 0 Å². The molecule has 126 valence electrons. The first kappa shape index (κ1) is 16.6. The fraction of sp³-hybridized carbons (Fsp3) is 0.167. The van der Waals surface area contributed by atoms with E-state index in [0.29, 0.717) is 11.3 Å². The Kier molecular flexibility index (Phi) is 4.44. The highest BCUT2D eigenvalue weighted by Crippen LogP contribution is 2.25. The van der Waals surface area contributed by atoms with Gasteiger partial charge in [-0.2, -0.15) is 14.0 Å². The molecule has 0 spiro atoms. The molecule has 1 aromatic heterocycles.